The molecule has 0 aromatic carbocycles. The topological polar surface area (TPSA) is 24.9 Å². The van der Waals surface area contributed by atoms with Crippen LogP contribution in [0, 0.1) is 17.8 Å². The molecule has 1 aromatic rings. The summed E-state index contributed by atoms with van der Waals surface area (Å²) in [4.78, 5) is 4.74. The highest BCUT2D eigenvalue weighted by Crippen LogP contribution is 2.52. The summed E-state index contributed by atoms with van der Waals surface area (Å²) in [6.07, 6.45) is 10.5. The van der Waals surface area contributed by atoms with Gasteiger partial charge in [-0.25, -0.2) is 0 Å². The quantitative estimate of drug-likeness (QED) is 0.905. The molecule has 5 atom stereocenters. The lowest BCUT2D eigenvalue weighted by molar-refractivity contribution is 0.221. The van der Waals surface area contributed by atoms with E-state index in [0.717, 1.165) is 24.3 Å². The van der Waals surface area contributed by atoms with Crippen LogP contribution in [0.15, 0.2) is 18.3 Å². The Morgan fingerprint density at radius 2 is 2.25 bits per heavy atom. The largest absolute Gasteiger partial charge is 0.313 e. The van der Waals surface area contributed by atoms with E-state index in [0.29, 0.717) is 12.0 Å². The molecule has 0 aliphatic heterocycles. The van der Waals surface area contributed by atoms with E-state index >= 15 is 0 Å². The van der Waals surface area contributed by atoms with Gasteiger partial charge in [-0.15, -0.1) is 0 Å². The SMILES string of the molecule is CCNC(C1CCc2cccnc21)C1CC2CCC1C2. The summed E-state index contributed by atoms with van der Waals surface area (Å²) in [6.45, 7) is 3.35. The molecule has 2 bridgehead atoms. The number of hydrogen-bond acceptors (Lipinski definition) is 2. The Bertz CT molecular complexity index is 484. The summed E-state index contributed by atoms with van der Waals surface area (Å²) in [7, 11) is 0. The zero-order valence-corrected chi connectivity index (χ0v) is 12.5. The van der Waals surface area contributed by atoms with Gasteiger partial charge in [-0.3, -0.25) is 4.98 Å². The third kappa shape index (κ3) is 2.00. The molecular weight excluding hydrogens is 244 g/mol. The van der Waals surface area contributed by atoms with Crippen molar-refractivity contribution in [3.8, 4) is 0 Å². The highest BCUT2D eigenvalue weighted by molar-refractivity contribution is 5.30. The highest BCUT2D eigenvalue weighted by Gasteiger charge is 2.46. The van der Waals surface area contributed by atoms with Gasteiger partial charge in [0.15, 0.2) is 0 Å². The first-order valence-electron chi connectivity index (χ1n) is 8.54. The van der Waals surface area contributed by atoms with E-state index < -0.39 is 0 Å². The summed E-state index contributed by atoms with van der Waals surface area (Å²) >= 11 is 0. The van der Waals surface area contributed by atoms with Gasteiger partial charge in [0.1, 0.15) is 0 Å². The molecule has 4 rings (SSSR count). The van der Waals surface area contributed by atoms with E-state index in [-0.39, 0.29) is 0 Å². The van der Waals surface area contributed by atoms with Crippen LogP contribution in [0.1, 0.15) is 56.2 Å². The zero-order chi connectivity index (χ0) is 13.5. The van der Waals surface area contributed by atoms with E-state index in [1.165, 1.54) is 49.8 Å². The van der Waals surface area contributed by atoms with Gasteiger partial charge in [0.25, 0.3) is 0 Å². The van der Waals surface area contributed by atoms with Crippen molar-refractivity contribution in [3.63, 3.8) is 0 Å². The van der Waals surface area contributed by atoms with Crippen molar-refractivity contribution in [2.75, 3.05) is 6.54 Å². The molecular formula is C18H26N2. The molecule has 3 aliphatic carbocycles. The second kappa shape index (κ2) is 5.14. The van der Waals surface area contributed by atoms with Crippen LogP contribution in [0.25, 0.3) is 0 Å². The Labute approximate surface area is 122 Å². The number of aryl methyl sites for hydroxylation is 1. The summed E-state index contributed by atoms with van der Waals surface area (Å²) in [5.41, 5.74) is 2.91. The second-order valence-corrected chi connectivity index (χ2v) is 7.12. The smallest absolute Gasteiger partial charge is 0.0482 e. The van der Waals surface area contributed by atoms with Crippen molar-refractivity contribution in [1.29, 1.82) is 0 Å². The van der Waals surface area contributed by atoms with Crippen LogP contribution in [0.2, 0.25) is 0 Å². The molecule has 2 fully saturated rings. The van der Waals surface area contributed by atoms with Crippen molar-refractivity contribution in [2.24, 2.45) is 17.8 Å². The van der Waals surface area contributed by atoms with Crippen molar-refractivity contribution < 1.29 is 0 Å². The molecule has 2 saturated carbocycles. The van der Waals surface area contributed by atoms with Gasteiger partial charge in [-0.05, 0) is 68.0 Å². The van der Waals surface area contributed by atoms with Gasteiger partial charge in [0.2, 0.25) is 0 Å². The number of rotatable bonds is 4. The maximum absolute atomic E-state index is 4.74. The van der Waals surface area contributed by atoms with Crippen molar-refractivity contribution in [2.45, 2.75) is 57.4 Å². The van der Waals surface area contributed by atoms with Crippen molar-refractivity contribution in [1.82, 2.24) is 10.3 Å². The van der Waals surface area contributed by atoms with E-state index in [4.69, 9.17) is 4.98 Å². The van der Waals surface area contributed by atoms with Crippen LogP contribution in [0.4, 0.5) is 0 Å². The number of likely N-dealkylation sites (N-methyl/N-ethyl adjacent to an activating group) is 1. The molecule has 2 heteroatoms. The third-order valence-corrected chi connectivity index (χ3v) is 6.13. The monoisotopic (exact) mass is 270 g/mol. The Morgan fingerprint density at radius 1 is 1.30 bits per heavy atom. The molecule has 0 radical (unpaired) electrons. The Morgan fingerprint density at radius 3 is 3.00 bits per heavy atom. The van der Waals surface area contributed by atoms with Gasteiger partial charge >= 0.3 is 0 Å². The van der Waals surface area contributed by atoms with E-state index in [1.54, 1.807) is 0 Å². The minimum Gasteiger partial charge on any atom is -0.313 e. The van der Waals surface area contributed by atoms with Crippen molar-refractivity contribution in [3.05, 3.63) is 29.6 Å². The summed E-state index contributed by atoms with van der Waals surface area (Å²) in [5, 5.41) is 3.85. The van der Waals surface area contributed by atoms with E-state index in [2.05, 4.69) is 24.4 Å². The van der Waals surface area contributed by atoms with Crippen LogP contribution in [-0.2, 0) is 6.42 Å². The lowest BCUT2D eigenvalue weighted by Gasteiger charge is -2.35. The average Bonchev–Trinajstić information content (AvgIpc) is 3.19. The molecule has 3 aliphatic rings. The van der Waals surface area contributed by atoms with Gasteiger partial charge in [-0.2, -0.15) is 0 Å². The number of aromatic nitrogens is 1. The van der Waals surface area contributed by atoms with Gasteiger partial charge < -0.3 is 5.32 Å². The average molecular weight is 270 g/mol. The van der Waals surface area contributed by atoms with Crippen LogP contribution in [0.3, 0.4) is 0 Å². The first-order chi connectivity index (χ1) is 9.86. The van der Waals surface area contributed by atoms with E-state index in [1.807, 2.05) is 6.20 Å². The molecule has 5 unspecified atom stereocenters. The van der Waals surface area contributed by atoms with Gasteiger partial charge in [-0.1, -0.05) is 19.4 Å². The number of hydrogen-bond donors (Lipinski definition) is 1. The molecule has 2 nitrogen and oxygen atoms in total. The second-order valence-electron chi connectivity index (χ2n) is 7.12. The van der Waals surface area contributed by atoms with Crippen LogP contribution < -0.4 is 5.32 Å². The minimum atomic E-state index is 0.662. The maximum Gasteiger partial charge on any atom is 0.0482 e. The normalized spacial score (nSPS) is 36.2. The van der Waals surface area contributed by atoms with Gasteiger partial charge in [0.05, 0.1) is 0 Å². The Balaban J connectivity index is 1.60. The lowest BCUT2D eigenvalue weighted by atomic mass is 9.77. The zero-order valence-electron chi connectivity index (χ0n) is 12.5. The Kier molecular flexibility index (Phi) is 3.30. The molecule has 0 saturated heterocycles. The summed E-state index contributed by atoms with van der Waals surface area (Å²) in [6, 6.07) is 5.05. The van der Waals surface area contributed by atoms with Crippen LogP contribution in [-0.4, -0.2) is 17.6 Å². The first-order valence-corrected chi connectivity index (χ1v) is 8.54. The predicted molar refractivity (Wildman–Crippen MR) is 81.7 cm³/mol. The number of pyridine rings is 1. The highest BCUT2D eigenvalue weighted by atomic mass is 14.9. The number of nitrogens with zero attached hydrogens (tertiary/aromatic N) is 1. The fourth-order valence-corrected chi connectivity index (χ4v) is 5.35. The molecule has 1 N–H and O–H groups in total. The summed E-state index contributed by atoms with van der Waals surface area (Å²) < 4.78 is 0. The maximum atomic E-state index is 4.74. The van der Waals surface area contributed by atoms with Gasteiger partial charge in [0, 0.05) is 23.9 Å². The number of fused-ring (bicyclic) bond motifs is 3. The number of nitrogens with one attached hydrogen (secondary N) is 1. The predicted octanol–water partition coefficient (Wildman–Crippen LogP) is 3.53. The standard InChI is InChI=1S/C18H26N2/c1-2-19-18(16-11-12-5-6-14(16)10-12)15-8-7-13-4-3-9-20-17(13)15/h3-4,9,12,14-16,18-19H,2,5-8,10-11H2,1H3. The molecule has 0 amide bonds. The fraction of sp³-hybridized carbons (Fsp3) is 0.722. The lowest BCUT2D eigenvalue weighted by Crippen LogP contribution is -2.42. The summed E-state index contributed by atoms with van der Waals surface area (Å²) in [5.74, 6) is 3.61. The first kappa shape index (κ1) is 12.8. The molecule has 20 heavy (non-hydrogen) atoms. The fourth-order valence-electron chi connectivity index (χ4n) is 5.35. The molecule has 1 aromatic heterocycles. The van der Waals surface area contributed by atoms with Crippen LogP contribution >= 0.6 is 0 Å². The van der Waals surface area contributed by atoms with E-state index in [9.17, 15) is 0 Å². The molecule has 1 heterocycles. The van der Waals surface area contributed by atoms with Crippen molar-refractivity contribution >= 4 is 0 Å². The Hall–Kier alpha value is -0.890. The molecule has 108 valence electrons. The minimum absolute atomic E-state index is 0.662. The third-order valence-electron chi connectivity index (χ3n) is 6.13. The molecule has 0 spiro atoms. The van der Waals surface area contributed by atoms with Crippen LogP contribution in [0.5, 0.6) is 0 Å².